The zero-order valence-corrected chi connectivity index (χ0v) is 33.8. The third-order valence-corrected chi connectivity index (χ3v) is 11.4. The van der Waals surface area contributed by atoms with E-state index in [-0.39, 0.29) is 0 Å². The first-order chi connectivity index (χ1) is 29.7. The van der Waals surface area contributed by atoms with Crippen LogP contribution < -0.4 is 0 Å². The molecule has 3 aromatic heterocycles. The maximum absolute atomic E-state index is 4.69. The molecule has 3 heterocycles. The van der Waals surface area contributed by atoms with Crippen molar-refractivity contribution in [1.29, 1.82) is 0 Å². The van der Waals surface area contributed by atoms with Crippen LogP contribution in [0.4, 0.5) is 0 Å². The van der Waals surface area contributed by atoms with Gasteiger partial charge in [0, 0.05) is 35.3 Å². The normalized spacial score (nSPS) is 11.1. The second-order valence-electron chi connectivity index (χ2n) is 15.5. The molecule has 0 atom stereocenters. The lowest BCUT2D eigenvalue weighted by atomic mass is 9.90. The lowest BCUT2D eigenvalue weighted by Crippen LogP contribution is -2.01. The van der Waals surface area contributed by atoms with Crippen molar-refractivity contribution in [2.45, 2.75) is 38.5 Å². The van der Waals surface area contributed by atoms with Crippen LogP contribution in [0.3, 0.4) is 0 Å². The van der Waals surface area contributed by atoms with Crippen molar-refractivity contribution in [3.8, 4) is 56.0 Å². The van der Waals surface area contributed by atoms with Gasteiger partial charge in [-0.3, -0.25) is 15.0 Å². The minimum atomic E-state index is 0.936. The van der Waals surface area contributed by atoms with Crippen molar-refractivity contribution in [2.75, 3.05) is 0 Å². The smallest absolute Gasteiger partial charge is 0.0702 e. The predicted molar refractivity (Wildman–Crippen MR) is 249 cm³/mol. The van der Waals surface area contributed by atoms with Gasteiger partial charge in [0.05, 0.1) is 17.1 Å². The summed E-state index contributed by atoms with van der Waals surface area (Å²) in [6.45, 7) is 0. The number of rotatable bonds is 14. The van der Waals surface area contributed by atoms with Crippen LogP contribution in [0.25, 0.3) is 56.0 Å². The van der Waals surface area contributed by atoms with E-state index in [0.717, 1.165) is 72.3 Å². The maximum Gasteiger partial charge on any atom is 0.0702 e. The number of benzene rings is 6. The molecule has 0 unspecified atom stereocenters. The SMILES string of the molecule is c1ccc(-c2ccc(-c3cc(-c4ccccn4)ccc3CCc3cc(CCc4ccc(-c5ccccn5)cc4)cc(CCc4ccc(-c5ccccn5)cc4)c3)cc2)cc1. The number of hydrogen-bond donors (Lipinski definition) is 0. The van der Waals surface area contributed by atoms with Gasteiger partial charge in [-0.15, -0.1) is 0 Å². The molecule has 0 saturated carbocycles. The van der Waals surface area contributed by atoms with Gasteiger partial charge in [-0.05, 0) is 137 Å². The van der Waals surface area contributed by atoms with Crippen LogP contribution in [-0.4, -0.2) is 15.0 Å². The van der Waals surface area contributed by atoms with E-state index in [1.165, 1.54) is 55.6 Å². The average molecular weight is 774 g/mol. The molecule has 0 N–H and O–H groups in total. The van der Waals surface area contributed by atoms with Crippen molar-refractivity contribution in [3.05, 3.63) is 246 Å². The van der Waals surface area contributed by atoms with Crippen LogP contribution >= 0.6 is 0 Å². The molecule has 0 spiro atoms. The van der Waals surface area contributed by atoms with E-state index in [2.05, 4.69) is 179 Å². The summed E-state index contributed by atoms with van der Waals surface area (Å²) in [5.74, 6) is 0. The molecule has 0 fully saturated rings. The Bertz CT molecular complexity index is 2640. The number of aromatic nitrogens is 3. The second kappa shape index (κ2) is 18.6. The van der Waals surface area contributed by atoms with Crippen LogP contribution in [0.1, 0.15) is 33.4 Å². The Hall–Kier alpha value is -7.23. The highest BCUT2D eigenvalue weighted by Crippen LogP contribution is 2.32. The minimum Gasteiger partial charge on any atom is -0.256 e. The molecule has 9 rings (SSSR count). The van der Waals surface area contributed by atoms with Gasteiger partial charge in [-0.1, -0.05) is 152 Å². The zero-order valence-electron chi connectivity index (χ0n) is 33.8. The Morgan fingerprint density at radius 2 is 0.633 bits per heavy atom. The summed E-state index contributed by atoms with van der Waals surface area (Å²) >= 11 is 0. The zero-order chi connectivity index (χ0) is 40.4. The van der Waals surface area contributed by atoms with E-state index in [1.807, 2.05) is 48.9 Å². The number of nitrogens with zero attached hydrogens (tertiary/aromatic N) is 3. The number of pyridine rings is 3. The largest absolute Gasteiger partial charge is 0.256 e. The van der Waals surface area contributed by atoms with E-state index in [9.17, 15) is 0 Å². The molecule has 6 aromatic carbocycles. The van der Waals surface area contributed by atoms with E-state index in [0.29, 0.717) is 0 Å². The fourth-order valence-electron chi connectivity index (χ4n) is 8.11. The molecule has 0 aliphatic rings. The third kappa shape index (κ3) is 9.55. The van der Waals surface area contributed by atoms with E-state index in [1.54, 1.807) is 0 Å². The fraction of sp³-hybridized carbons (Fsp3) is 0.105. The Morgan fingerprint density at radius 3 is 1.12 bits per heavy atom. The third-order valence-electron chi connectivity index (χ3n) is 11.4. The van der Waals surface area contributed by atoms with Gasteiger partial charge in [0.2, 0.25) is 0 Å². The summed E-state index contributed by atoms with van der Waals surface area (Å²) in [7, 11) is 0. The highest BCUT2D eigenvalue weighted by Gasteiger charge is 2.12. The number of hydrogen-bond acceptors (Lipinski definition) is 3. The summed E-state index contributed by atoms with van der Waals surface area (Å²) in [4.78, 5) is 13.8. The Morgan fingerprint density at radius 1 is 0.250 bits per heavy atom. The summed E-state index contributed by atoms with van der Waals surface area (Å²) < 4.78 is 0. The molecular formula is C57H47N3. The van der Waals surface area contributed by atoms with Gasteiger partial charge in [0.25, 0.3) is 0 Å². The van der Waals surface area contributed by atoms with Gasteiger partial charge in [-0.25, -0.2) is 0 Å². The predicted octanol–water partition coefficient (Wildman–Crippen LogP) is 13.6. The quantitative estimate of drug-likeness (QED) is 0.110. The molecule has 60 heavy (non-hydrogen) atoms. The highest BCUT2D eigenvalue weighted by atomic mass is 14.7. The average Bonchev–Trinajstić information content (AvgIpc) is 3.33. The molecule has 0 amide bonds. The van der Waals surface area contributed by atoms with Crippen molar-refractivity contribution in [2.24, 2.45) is 0 Å². The van der Waals surface area contributed by atoms with Crippen LogP contribution in [0.5, 0.6) is 0 Å². The van der Waals surface area contributed by atoms with E-state index >= 15 is 0 Å². The lowest BCUT2D eigenvalue weighted by Gasteiger charge is -2.15. The molecule has 290 valence electrons. The summed E-state index contributed by atoms with van der Waals surface area (Å²) in [5.41, 5.74) is 19.6. The van der Waals surface area contributed by atoms with Crippen LogP contribution in [0.2, 0.25) is 0 Å². The molecule has 3 heteroatoms. The number of aryl methyl sites for hydroxylation is 6. The van der Waals surface area contributed by atoms with Crippen molar-refractivity contribution in [3.63, 3.8) is 0 Å². The van der Waals surface area contributed by atoms with Crippen molar-refractivity contribution >= 4 is 0 Å². The Labute approximate surface area is 354 Å². The van der Waals surface area contributed by atoms with Crippen molar-refractivity contribution in [1.82, 2.24) is 15.0 Å². The van der Waals surface area contributed by atoms with Gasteiger partial charge >= 0.3 is 0 Å². The van der Waals surface area contributed by atoms with Gasteiger partial charge < -0.3 is 0 Å². The first kappa shape index (κ1) is 38.3. The minimum absolute atomic E-state index is 0.936. The van der Waals surface area contributed by atoms with E-state index < -0.39 is 0 Å². The van der Waals surface area contributed by atoms with Crippen LogP contribution in [0, 0.1) is 0 Å². The standard InChI is InChI=1S/C57H47N3/c1-2-10-47(11-3-1)48-29-31-50(32-30-48)54-41-53(57-14-6-9-37-60-57)34-33-49(54)24-23-46-39-44(17-15-42-19-25-51(26-20-42)55-12-4-7-35-58-55)38-45(40-46)18-16-43-21-27-52(28-22-43)56-13-5-8-36-59-56/h1-14,19-22,25-41H,15-18,23-24H2. The molecule has 0 bridgehead atoms. The topological polar surface area (TPSA) is 38.7 Å². The first-order valence-corrected chi connectivity index (χ1v) is 21.0. The molecule has 0 aliphatic carbocycles. The Balaban J connectivity index is 0.974. The van der Waals surface area contributed by atoms with E-state index in [4.69, 9.17) is 0 Å². The summed E-state index contributed by atoms with van der Waals surface area (Å²) in [5, 5.41) is 0. The molecule has 9 aromatic rings. The second-order valence-corrected chi connectivity index (χ2v) is 15.5. The van der Waals surface area contributed by atoms with Gasteiger partial charge in [0.15, 0.2) is 0 Å². The molecule has 0 radical (unpaired) electrons. The molecule has 0 aliphatic heterocycles. The highest BCUT2D eigenvalue weighted by molar-refractivity contribution is 5.76. The van der Waals surface area contributed by atoms with Gasteiger partial charge in [-0.2, -0.15) is 0 Å². The summed E-state index contributed by atoms with van der Waals surface area (Å²) in [6.07, 6.45) is 11.4. The van der Waals surface area contributed by atoms with Crippen molar-refractivity contribution < 1.29 is 0 Å². The van der Waals surface area contributed by atoms with Crippen LogP contribution in [0.15, 0.2) is 213 Å². The molecular weight excluding hydrogens is 727 g/mol. The first-order valence-electron chi connectivity index (χ1n) is 21.0. The summed E-state index contributed by atoms with van der Waals surface area (Å²) in [6, 6.07) is 69.9. The van der Waals surface area contributed by atoms with Crippen LogP contribution in [-0.2, 0) is 38.5 Å². The van der Waals surface area contributed by atoms with Gasteiger partial charge in [0.1, 0.15) is 0 Å². The monoisotopic (exact) mass is 773 g/mol. The Kier molecular flexibility index (Phi) is 11.9. The molecule has 0 saturated heterocycles. The fourth-order valence-corrected chi connectivity index (χ4v) is 8.11. The molecule has 3 nitrogen and oxygen atoms in total. The maximum atomic E-state index is 4.69. The lowest BCUT2D eigenvalue weighted by molar-refractivity contribution is 0.904.